The number of halogens is 3. The number of aromatic nitrogens is 1. The first-order valence-electron chi connectivity index (χ1n) is 9.86. The monoisotopic (exact) mass is 400 g/mol. The second-order valence-corrected chi connectivity index (χ2v) is 8.84. The van der Waals surface area contributed by atoms with Gasteiger partial charge in [0, 0.05) is 44.0 Å². The van der Waals surface area contributed by atoms with E-state index in [0.29, 0.717) is 11.9 Å². The van der Waals surface area contributed by atoms with Crippen molar-refractivity contribution in [2.45, 2.75) is 37.5 Å². The topological polar surface area (TPSA) is 22.6 Å². The van der Waals surface area contributed by atoms with Crippen molar-refractivity contribution in [1.82, 2.24) is 14.8 Å². The van der Waals surface area contributed by atoms with Crippen molar-refractivity contribution in [3.05, 3.63) is 23.9 Å². The Labute approximate surface area is 163 Å². The summed E-state index contributed by atoms with van der Waals surface area (Å²) in [7, 11) is 0. The van der Waals surface area contributed by atoms with Gasteiger partial charge in [0.05, 0.1) is 0 Å². The molecule has 0 N–H and O–H groups in total. The quantitative estimate of drug-likeness (QED) is 0.775. The molecule has 3 fully saturated rings. The van der Waals surface area contributed by atoms with Gasteiger partial charge < -0.3 is 4.90 Å². The minimum absolute atomic E-state index is 0.443. The number of hydrogen-bond donors (Lipinski definition) is 0. The van der Waals surface area contributed by atoms with Gasteiger partial charge in [-0.2, -0.15) is 24.9 Å². The van der Waals surface area contributed by atoms with Crippen molar-refractivity contribution >= 4 is 17.6 Å². The zero-order valence-electron chi connectivity index (χ0n) is 15.5. The predicted molar refractivity (Wildman–Crippen MR) is 103 cm³/mol. The number of anilines is 1. The minimum Gasteiger partial charge on any atom is -0.354 e. The van der Waals surface area contributed by atoms with Crippen molar-refractivity contribution in [3.63, 3.8) is 0 Å². The highest BCUT2D eigenvalue weighted by atomic mass is 32.2. The van der Waals surface area contributed by atoms with E-state index in [1.165, 1.54) is 49.9 Å². The number of hydrogen-bond acceptors (Lipinski definition) is 5. The molecule has 3 aliphatic rings. The highest BCUT2D eigenvalue weighted by molar-refractivity contribution is 7.99. The molecular formula is C19H27F3N4S. The fraction of sp³-hybridized carbons (Fsp3) is 0.737. The molecule has 0 saturated carbocycles. The van der Waals surface area contributed by atoms with Crippen LogP contribution in [0.5, 0.6) is 0 Å². The Kier molecular flexibility index (Phi) is 5.85. The van der Waals surface area contributed by atoms with E-state index >= 15 is 0 Å². The minimum atomic E-state index is -4.39. The average molecular weight is 401 g/mol. The molecule has 0 spiro atoms. The third kappa shape index (κ3) is 4.54. The molecule has 3 aliphatic heterocycles. The van der Waals surface area contributed by atoms with Gasteiger partial charge in [-0.25, -0.2) is 4.98 Å². The summed E-state index contributed by atoms with van der Waals surface area (Å²) in [6, 6.07) is 5.57. The van der Waals surface area contributed by atoms with E-state index in [9.17, 15) is 13.2 Å². The molecule has 3 saturated heterocycles. The Morgan fingerprint density at radius 3 is 2.22 bits per heavy atom. The predicted octanol–water partition coefficient (Wildman–Crippen LogP) is 3.19. The van der Waals surface area contributed by atoms with Gasteiger partial charge in [0.2, 0.25) is 0 Å². The van der Waals surface area contributed by atoms with Gasteiger partial charge in [0.1, 0.15) is 11.5 Å². The molecule has 0 bridgehead atoms. The first-order chi connectivity index (χ1) is 13.0. The summed E-state index contributed by atoms with van der Waals surface area (Å²) in [5.74, 6) is 3.03. The molecule has 150 valence electrons. The van der Waals surface area contributed by atoms with Gasteiger partial charge in [-0.15, -0.1) is 0 Å². The molecule has 4 rings (SSSR count). The number of piperazine rings is 1. The Balaban J connectivity index is 1.28. The Morgan fingerprint density at radius 2 is 1.59 bits per heavy atom. The van der Waals surface area contributed by atoms with Crippen LogP contribution < -0.4 is 4.90 Å². The first-order valence-corrected chi connectivity index (χ1v) is 11.0. The van der Waals surface area contributed by atoms with Gasteiger partial charge in [-0.05, 0) is 50.2 Å². The summed E-state index contributed by atoms with van der Waals surface area (Å²) >= 11 is 2.07. The van der Waals surface area contributed by atoms with Crippen LogP contribution in [0.15, 0.2) is 18.2 Å². The molecule has 1 aromatic rings. The maximum atomic E-state index is 12.9. The fourth-order valence-electron chi connectivity index (χ4n) is 4.50. The summed E-state index contributed by atoms with van der Waals surface area (Å²) in [5.41, 5.74) is -0.806. The Bertz CT molecular complexity index is 620. The first kappa shape index (κ1) is 19.3. The third-order valence-electron chi connectivity index (χ3n) is 6.10. The molecule has 1 aromatic heterocycles. The SMILES string of the molecule is FC(F)(F)c1cccc(N2CCN(C3CCN([C@H]4CCSC4)CC3)CC2)n1. The molecule has 0 amide bonds. The molecule has 27 heavy (non-hydrogen) atoms. The van der Waals surface area contributed by atoms with Crippen LogP contribution in [0.1, 0.15) is 25.0 Å². The van der Waals surface area contributed by atoms with Crippen LogP contribution in [-0.4, -0.2) is 77.6 Å². The van der Waals surface area contributed by atoms with Crippen LogP contribution in [0.3, 0.4) is 0 Å². The summed E-state index contributed by atoms with van der Waals surface area (Å²) in [5, 5.41) is 0. The second kappa shape index (κ2) is 8.17. The number of thioether (sulfide) groups is 1. The molecular weight excluding hydrogens is 373 g/mol. The standard InChI is InChI=1S/C19H27F3N4S/c20-19(21,22)17-2-1-3-18(23-17)26-11-9-25(10-12-26)15-4-7-24(8-5-15)16-6-13-27-14-16/h1-3,15-16H,4-14H2/t16-/m0/s1. The van der Waals surface area contributed by atoms with Crippen molar-refractivity contribution in [2.75, 3.05) is 55.7 Å². The summed E-state index contributed by atoms with van der Waals surface area (Å²) < 4.78 is 38.7. The average Bonchev–Trinajstić information content (AvgIpc) is 3.23. The number of alkyl halides is 3. The molecule has 0 aromatic carbocycles. The number of pyridine rings is 1. The van der Waals surface area contributed by atoms with Crippen LogP contribution >= 0.6 is 11.8 Å². The van der Waals surface area contributed by atoms with Gasteiger partial charge in [0.25, 0.3) is 0 Å². The number of likely N-dealkylation sites (tertiary alicyclic amines) is 1. The summed E-state index contributed by atoms with van der Waals surface area (Å²) in [6.45, 7) is 5.67. The van der Waals surface area contributed by atoms with Crippen molar-refractivity contribution in [3.8, 4) is 0 Å². The van der Waals surface area contributed by atoms with Crippen LogP contribution in [-0.2, 0) is 6.18 Å². The second-order valence-electron chi connectivity index (χ2n) is 7.69. The van der Waals surface area contributed by atoms with Gasteiger partial charge >= 0.3 is 6.18 Å². The number of piperidine rings is 1. The van der Waals surface area contributed by atoms with Gasteiger partial charge in [-0.3, -0.25) is 9.80 Å². The van der Waals surface area contributed by atoms with Crippen LogP contribution in [0, 0.1) is 0 Å². The maximum Gasteiger partial charge on any atom is 0.433 e. The molecule has 0 unspecified atom stereocenters. The normalized spacial score (nSPS) is 26.6. The Morgan fingerprint density at radius 1 is 0.889 bits per heavy atom. The Hall–Kier alpha value is -0.990. The van der Waals surface area contributed by atoms with Crippen molar-refractivity contribution in [2.24, 2.45) is 0 Å². The third-order valence-corrected chi connectivity index (χ3v) is 7.25. The van der Waals surface area contributed by atoms with E-state index in [0.717, 1.165) is 38.3 Å². The van der Waals surface area contributed by atoms with Crippen molar-refractivity contribution in [1.29, 1.82) is 0 Å². The zero-order valence-corrected chi connectivity index (χ0v) is 16.3. The molecule has 0 radical (unpaired) electrons. The van der Waals surface area contributed by atoms with E-state index < -0.39 is 11.9 Å². The van der Waals surface area contributed by atoms with Crippen LogP contribution in [0.4, 0.5) is 19.0 Å². The molecule has 8 heteroatoms. The zero-order chi connectivity index (χ0) is 18.9. The van der Waals surface area contributed by atoms with E-state index in [-0.39, 0.29) is 0 Å². The molecule has 1 atom stereocenters. The van der Waals surface area contributed by atoms with Crippen molar-refractivity contribution < 1.29 is 13.2 Å². The molecule has 0 aliphatic carbocycles. The highest BCUT2D eigenvalue weighted by Gasteiger charge is 2.34. The summed E-state index contributed by atoms with van der Waals surface area (Å²) in [4.78, 5) is 11.0. The van der Waals surface area contributed by atoms with Gasteiger partial charge in [0.15, 0.2) is 0 Å². The smallest absolute Gasteiger partial charge is 0.354 e. The molecule has 4 nitrogen and oxygen atoms in total. The van der Waals surface area contributed by atoms with Crippen LogP contribution in [0.2, 0.25) is 0 Å². The summed E-state index contributed by atoms with van der Waals surface area (Å²) in [6.07, 6.45) is -0.631. The lowest BCUT2D eigenvalue weighted by molar-refractivity contribution is -0.141. The fourth-order valence-corrected chi connectivity index (χ4v) is 5.75. The van der Waals surface area contributed by atoms with Crippen LogP contribution in [0.25, 0.3) is 0 Å². The lowest BCUT2D eigenvalue weighted by Gasteiger charge is -2.44. The van der Waals surface area contributed by atoms with E-state index in [1.54, 1.807) is 6.07 Å². The maximum absolute atomic E-state index is 12.9. The lowest BCUT2D eigenvalue weighted by atomic mass is 10.0. The van der Waals surface area contributed by atoms with Gasteiger partial charge in [-0.1, -0.05) is 6.07 Å². The number of rotatable bonds is 3. The molecule has 4 heterocycles. The number of nitrogens with zero attached hydrogens (tertiary/aromatic N) is 4. The van der Waals surface area contributed by atoms with E-state index in [1.807, 2.05) is 4.90 Å². The largest absolute Gasteiger partial charge is 0.433 e. The lowest BCUT2D eigenvalue weighted by Crippen LogP contribution is -2.54. The van der Waals surface area contributed by atoms with E-state index in [2.05, 4.69) is 26.5 Å². The van der Waals surface area contributed by atoms with E-state index in [4.69, 9.17) is 0 Å². The highest BCUT2D eigenvalue weighted by Crippen LogP contribution is 2.30.